The number of aliphatic hydroxyl groups is 1. The molecule has 0 spiro atoms. The Hall–Kier alpha value is 0.400. The molecule has 1 rings (SSSR count). The summed E-state index contributed by atoms with van der Waals surface area (Å²) >= 11 is 3.98. The zero-order valence-corrected chi connectivity index (χ0v) is 10.9. The summed E-state index contributed by atoms with van der Waals surface area (Å²) in [6, 6.07) is 0. The Bertz CT molecular complexity index is 203. The van der Waals surface area contributed by atoms with Gasteiger partial charge in [-0.3, -0.25) is 0 Å². The SMILES string of the molecule is CC(=C1SCCCS1)[C@H](C)CC(C)O. The van der Waals surface area contributed by atoms with Gasteiger partial charge in [-0.25, -0.2) is 0 Å². The minimum Gasteiger partial charge on any atom is -0.393 e. The number of thioether (sulfide) groups is 2. The molecule has 1 nitrogen and oxygen atoms in total. The van der Waals surface area contributed by atoms with Crippen LogP contribution in [0.4, 0.5) is 0 Å². The Morgan fingerprint density at radius 3 is 2.43 bits per heavy atom. The van der Waals surface area contributed by atoms with E-state index in [1.165, 1.54) is 27.7 Å². The van der Waals surface area contributed by atoms with Crippen molar-refractivity contribution in [2.24, 2.45) is 5.92 Å². The number of rotatable bonds is 3. The lowest BCUT2D eigenvalue weighted by Crippen LogP contribution is -2.09. The van der Waals surface area contributed by atoms with Gasteiger partial charge in [0.2, 0.25) is 0 Å². The minimum atomic E-state index is -0.181. The largest absolute Gasteiger partial charge is 0.393 e. The van der Waals surface area contributed by atoms with E-state index in [0.29, 0.717) is 5.92 Å². The standard InChI is InChI=1S/C11H20OS2/c1-8(7-9(2)12)10(3)11-13-5-4-6-14-11/h8-9,12H,4-7H2,1-3H3/t8-,9?/m1/s1. The van der Waals surface area contributed by atoms with Crippen LogP contribution in [0.25, 0.3) is 0 Å². The first-order valence-electron chi connectivity index (χ1n) is 5.25. The van der Waals surface area contributed by atoms with E-state index in [1.807, 2.05) is 30.4 Å². The maximum atomic E-state index is 9.33. The van der Waals surface area contributed by atoms with Crippen molar-refractivity contribution in [3.63, 3.8) is 0 Å². The average molecular weight is 232 g/mol. The first kappa shape index (κ1) is 12.5. The van der Waals surface area contributed by atoms with Gasteiger partial charge in [-0.1, -0.05) is 12.5 Å². The van der Waals surface area contributed by atoms with E-state index in [9.17, 15) is 5.11 Å². The molecule has 1 fully saturated rings. The van der Waals surface area contributed by atoms with Crippen LogP contribution >= 0.6 is 23.5 Å². The van der Waals surface area contributed by atoms with E-state index in [4.69, 9.17) is 0 Å². The minimum absolute atomic E-state index is 0.181. The molecule has 1 N–H and O–H groups in total. The molecule has 1 unspecified atom stereocenters. The second-order valence-electron chi connectivity index (χ2n) is 4.01. The zero-order chi connectivity index (χ0) is 10.6. The van der Waals surface area contributed by atoms with Gasteiger partial charge in [0.05, 0.1) is 6.10 Å². The van der Waals surface area contributed by atoms with Gasteiger partial charge >= 0.3 is 0 Å². The van der Waals surface area contributed by atoms with Crippen LogP contribution in [-0.2, 0) is 0 Å². The molecule has 0 saturated carbocycles. The third-order valence-corrected chi connectivity index (χ3v) is 5.37. The van der Waals surface area contributed by atoms with Crippen molar-refractivity contribution >= 4 is 23.5 Å². The lowest BCUT2D eigenvalue weighted by molar-refractivity contribution is 0.170. The molecule has 0 bridgehead atoms. The molecule has 0 aromatic carbocycles. The zero-order valence-electron chi connectivity index (χ0n) is 9.25. The Morgan fingerprint density at radius 2 is 1.93 bits per heavy atom. The average Bonchev–Trinajstić information content (AvgIpc) is 2.17. The second-order valence-corrected chi connectivity index (χ2v) is 6.48. The van der Waals surface area contributed by atoms with Crippen LogP contribution in [-0.4, -0.2) is 22.7 Å². The third-order valence-electron chi connectivity index (χ3n) is 2.51. The summed E-state index contributed by atoms with van der Waals surface area (Å²) in [6.07, 6.45) is 2.03. The van der Waals surface area contributed by atoms with Crippen molar-refractivity contribution in [2.45, 2.75) is 39.7 Å². The van der Waals surface area contributed by atoms with Crippen molar-refractivity contribution in [1.29, 1.82) is 0 Å². The normalized spacial score (nSPS) is 21.9. The molecule has 0 amide bonds. The van der Waals surface area contributed by atoms with Crippen LogP contribution in [0.3, 0.4) is 0 Å². The Balaban J connectivity index is 2.55. The molecule has 0 aliphatic carbocycles. The van der Waals surface area contributed by atoms with Crippen molar-refractivity contribution in [2.75, 3.05) is 11.5 Å². The quantitative estimate of drug-likeness (QED) is 0.804. The van der Waals surface area contributed by atoms with Gasteiger partial charge in [0, 0.05) is 4.24 Å². The Morgan fingerprint density at radius 1 is 1.36 bits per heavy atom. The number of hydrogen-bond acceptors (Lipinski definition) is 3. The second kappa shape index (κ2) is 6.09. The highest BCUT2D eigenvalue weighted by atomic mass is 32.2. The summed E-state index contributed by atoms with van der Waals surface area (Å²) in [4.78, 5) is 0. The smallest absolute Gasteiger partial charge is 0.0517 e. The number of aliphatic hydroxyl groups excluding tert-OH is 1. The highest BCUT2D eigenvalue weighted by Gasteiger charge is 2.15. The lowest BCUT2D eigenvalue weighted by atomic mass is 9.98. The summed E-state index contributed by atoms with van der Waals surface area (Å²) in [5.41, 5.74) is 1.47. The van der Waals surface area contributed by atoms with Gasteiger partial charge in [-0.05, 0) is 44.1 Å². The van der Waals surface area contributed by atoms with Crippen LogP contribution in [0.5, 0.6) is 0 Å². The molecule has 2 atom stereocenters. The third kappa shape index (κ3) is 3.87. The fourth-order valence-corrected chi connectivity index (χ4v) is 4.37. The summed E-state index contributed by atoms with van der Waals surface area (Å²) < 4.78 is 1.50. The van der Waals surface area contributed by atoms with Crippen LogP contribution in [0.2, 0.25) is 0 Å². The molecular formula is C11H20OS2. The molecule has 1 aliphatic rings. The van der Waals surface area contributed by atoms with E-state index in [2.05, 4.69) is 13.8 Å². The maximum absolute atomic E-state index is 9.33. The number of allylic oxidation sites excluding steroid dienone is 1. The van der Waals surface area contributed by atoms with Crippen molar-refractivity contribution in [1.82, 2.24) is 0 Å². The highest BCUT2D eigenvalue weighted by Crippen LogP contribution is 2.39. The molecule has 0 radical (unpaired) electrons. The van der Waals surface area contributed by atoms with Crippen LogP contribution in [0.15, 0.2) is 9.81 Å². The van der Waals surface area contributed by atoms with Crippen LogP contribution < -0.4 is 0 Å². The van der Waals surface area contributed by atoms with Crippen LogP contribution in [0, 0.1) is 5.92 Å². The molecule has 1 aliphatic heterocycles. The van der Waals surface area contributed by atoms with E-state index in [0.717, 1.165) is 6.42 Å². The van der Waals surface area contributed by atoms with E-state index < -0.39 is 0 Å². The molecule has 0 aromatic heterocycles. The predicted octanol–water partition coefficient (Wildman–Crippen LogP) is 3.50. The highest BCUT2D eigenvalue weighted by molar-refractivity contribution is 8.22. The monoisotopic (exact) mass is 232 g/mol. The Labute approximate surface area is 95.7 Å². The molecule has 1 saturated heterocycles. The molecular weight excluding hydrogens is 212 g/mol. The number of hydrogen-bond donors (Lipinski definition) is 1. The van der Waals surface area contributed by atoms with E-state index in [-0.39, 0.29) is 6.10 Å². The molecule has 14 heavy (non-hydrogen) atoms. The van der Waals surface area contributed by atoms with Gasteiger partial charge in [0.25, 0.3) is 0 Å². The van der Waals surface area contributed by atoms with Crippen molar-refractivity contribution in [3.8, 4) is 0 Å². The van der Waals surface area contributed by atoms with E-state index in [1.54, 1.807) is 0 Å². The van der Waals surface area contributed by atoms with Crippen molar-refractivity contribution in [3.05, 3.63) is 9.81 Å². The van der Waals surface area contributed by atoms with Crippen molar-refractivity contribution < 1.29 is 5.11 Å². The maximum Gasteiger partial charge on any atom is 0.0517 e. The molecule has 1 heterocycles. The predicted molar refractivity (Wildman–Crippen MR) is 67.7 cm³/mol. The summed E-state index contributed by atoms with van der Waals surface area (Å²) in [5, 5.41) is 9.33. The van der Waals surface area contributed by atoms with Gasteiger partial charge in [-0.15, -0.1) is 23.5 Å². The van der Waals surface area contributed by atoms with Gasteiger partial charge in [0.1, 0.15) is 0 Å². The Kier molecular flexibility index (Phi) is 5.42. The van der Waals surface area contributed by atoms with Gasteiger partial charge < -0.3 is 5.11 Å². The molecule has 82 valence electrons. The summed E-state index contributed by atoms with van der Waals surface area (Å²) in [6.45, 7) is 6.30. The fourth-order valence-electron chi connectivity index (χ4n) is 1.55. The lowest BCUT2D eigenvalue weighted by Gasteiger charge is -2.21. The molecule has 3 heteroatoms. The topological polar surface area (TPSA) is 20.2 Å². The first-order valence-corrected chi connectivity index (χ1v) is 7.22. The summed E-state index contributed by atoms with van der Waals surface area (Å²) in [5.74, 6) is 3.05. The van der Waals surface area contributed by atoms with E-state index >= 15 is 0 Å². The summed E-state index contributed by atoms with van der Waals surface area (Å²) in [7, 11) is 0. The van der Waals surface area contributed by atoms with Gasteiger partial charge in [-0.2, -0.15) is 0 Å². The van der Waals surface area contributed by atoms with Crippen LogP contribution in [0.1, 0.15) is 33.6 Å². The van der Waals surface area contributed by atoms with Gasteiger partial charge in [0.15, 0.2) is 0 Å². The molecule has 0 aromatic rings. The first-order chi connectivity index (χ1) is 6.61. The fraction of sp³-hybridized carbons (Fsp3) is 0.818.